The molecule has 0 aromatic heterocycles. The van der Waals surface area contributed by atoms with Gasteiger partial charge in [-0.1, -0.05) is 27.7 Å². The van der Waals surface area contributed by atoms with Crippen molar-refractivity contribution in [2.24, 2.45) is 16.6 Å². The first-order valence-corrected chi connectivity index (χ1v) is 6.17. The fraction of sp³-hybridized carbons (Fsp3) is 0.923. The van der Waals surface area contributed by atoms with Gasteiger partial charge >= 0.3 is 5.97 Å². The van der Waals surface area contributed by atoms with E-state index >= 15 is 0 Å². The van der Waals surface area contributed by atoms with Gasteiger partial charge in [-0.05, 0) is 25.7 Å². The quantitative estimate of drug-likeness (QED) is 0.733. The molecule has 0 saturated heterocycles. The zero-order valence-corrected chi connectivity index (χ0v) is 10.8. The van der Waals surface area contributed by atoms with Gasteiger partial charge in [0.15, 0.2) is 0 Å². The van der Waals surface area contributed by atoms with Gasteiger partial charge in [0.1, 0.15) is 11.6 Å². The predicted molar refractivity (Wildman–Crippen MR) is 62.8 cm³/mol. The average Bonchev–Trinajstić information content (AvgIpc) is 2.86. The van der Waals surface area contributed by atoms with E-state index in [-0.39, 0.29) is 22.9 Å². The van der Waals surface area contributed by atoms with Crippen LogP contribution in [0.3, 0.4) is 0 Å². The maximum atomic E-state index is 11.9. The van der Waals surface area contributed by atoms with E-state index in [1.807, 2.05) is 0 Å². The van der Waals surface area contributed by atoms with Gasteiger partial charge in [0, 0.05) is 10.8 Å². The second kappa shape index (κ2) is 3.22. The van der Waals surface area contributed by atoms with Crippen molar-refractivity contribution in [1.29, 1.82) is 0 Å². The van der Waals surface area contributed by atoms with E-state index in [2.05, 4.69) is 27.7 Å². The SMILES string of the molecule is CC1(C)CCC(C)(C)C1OC(=O)C1(N)CC1. The van der Waals surface area contributed by atoms with Crippen molar-refractivity contribution in [3.05, 3.63) is 0 Å². The number of carbonyl (C=O) groups is 1. The van der Waals surface area contributed by atoms with Crippen LogP contribution in [0.25, 0.3) is 0 Å². The summed E-state index contributed by atoms with van der Waals surface area (Å²) in [5, 5.41) is 0. The molecule has 0 aromatic rings. The molecule has 0 radical (unpaired) electrons. The third-order valence-corrected chi connectivity index (χ3v) is 4.25. The van der Waals surface area contributed by atoms with Gasteiger partial charge < -0.3 is 10.5 Å². The van der Waals surface area contributed by atoms with Gasteiger partial charge in [0.2, 0.25) is 0 Å². The molecule has 2 rings (SSSR count). The Kier molecular flexibility index (Phi) is 2.40. The van der Waals surface area contributed by atoms with Crippen molar-refractivity contribution in [2.45, 2.75) is 65.0 Å². The second-order valence-corrected chi connectivity index (χ2v) is 6.92. The molecule has 92 valence electrons. The molecule has 0 aromatic carbocycles. The topological polar surface area (TPSA) is 52.3 Å². The third-order valence-electron chi connectivity index (χ3n) is 4.25. The highest BCUT2D eigenvalue weighted by atomic mass is 16.5. The van der Waals surface area contributed by atoms with Crippen molar-refractivity contribution in [3.63, 3.8) is 0 Å². The van der Waals surface area contributed by atoms with Crippen LogP contribution in [0.4, 0.5) is 0 Å². The van der Waals surface area contributed by atoms with Gasteiger partial charge in [0.25, 0.3) is 0 Å². The lowest BCUT2D eigenvalue weighted by Crippen LogP contribution is -2.44. The third kappa shape index (κ3) is 1.86. The molecular weight excluding hydrogens is 202 g/mol. The zero-order valence-electron chi connectivity index (χ0n) is 10.8. The molecule has 0 amide bonds. The summed E-state index contributed by atoms with van der Waals surface area (Å²) >= 11 is 0. The molecule has 0 unspecified atom stereocenters. The van der Waals surface area contributed by atoms with E-state index in [0.29, 0.717) is 0 Å². The Hall–Kier alpha value is -0.570. The van der Waals surface area contributed by atoms with Crippen LogP contribution in [0.5, 0.6) is 0 Å². The summed E-state index contributed by atoms with van der Waals surface area (Å²) in [5.74, 6) is -0.194. The molecule has 0 spiro atoms. The lowest BCUT2D eigenvalue weighted by molar-refractivity contribution is -0.162. The summed E-state index contributed by atoms with van der Waals surface area (Å²) in [6, 6.07) is 0. The second-order valence-electron chi connectivity index (χ2n) is 6.92. The molecule has 2 aliphatic rings. The largest absolute Gasteiger partial charge is 0.460 e. The van der Waals surface area contributed by atoms with Crippen molar-refractivity contribution in [1.82, 2.24) is 0 Å². The van der Waals surface area contributed by atoms with E-state index in [4.69, 9.17) is 10.5 Å². The Labute approximate surface area is 97.7 Å². The number of rotatable bonds is 2. The molecule has 2 saturated carbocycles. The highest BCUT2D eigenvalue weighted by molar-refractivity contribution is 5.84. The molecule has 0 atom stereocenters. The Morgan fingerprint density at radius 1 is 1.06 bits per heavy atom. The van der Waals surface area contributed by atoms with Crippen LogP contribution in [-0.4, -0.2) is 17.6 Å². The van der Waals surface area contributed by atoms with Gasteiger partial charge in [-0.3, -0.25) is 4.79 Å². The van der Waals surface area contributed by atoms with Gasteiger partial charge in [-0.25, -0.2) is 0 Å². The summed E-state index contributed by atoms with van der Waals surface area (Å²) in [7, 11) is 0. The molecule has 2 aliphatic carbocycles. The van der Waals surface area contributed by atoms with Crippen molar-refractivity contribution < 1.29 is 9.53 Å². The molecule has 2 fully saturated rings. The van der Waals surface area contributed by atoms with E-state index in [1.54, 1.807) is 0 Å². The van der Waals surface area contributed by atoms with Gasteiger partial charge in [-0.15, -0.1) is 0 Å². The first-order valence-electron chi connectivity index (χ1n) is 6.17. The Morgan fingerprint density at radius 2 is 1.50 bits per heavy atom. The van der Waals surface area contributed by atoms with E-state index < -0.39 is 5.54 Å². The van der Waals surface area contributed by atoms with Crippen LogP contribution < -0.4 is 5.73 Å². The van der Waals surface area contributed by atoms with E-state index in [0.717, 1.165) is 25.7 Å². The molecule has 16 heavy (non-hydrogen) atoms. The van der Waals surface area contributed by atoms with Gasteiger partial charge in [-0.2, -0.15) is 0 Å². The van der Waals surface area contributed by atoms with Crippen molar-refractivity contribution in [3.8, 4) is 0 Å². The summed E-state index contributed by atoms with van der Waals surface area (Å²) in [5.41, 5.74) is 5.36. The lowest BCUT2D eigenvalue weighted by Gasteiger charge is -2.35. The average molecular weight is 225 g/mol. The maximum Gasteiger partial charge on any atom is 0.326 e. The van der Waals surface area contributed by atoms with Crippen LogP contribution in [0.2, 0.25) is 0 Å². The fourth-order valence-corrected chi connectivity index (χ4v) is 2.85. The number of esters is 1. The minimum atomic E-state index is -0.658. The summed E-state index contributed by atoms with van der Waals surface area (Å²) in [4.78, 5) is 11.9. The van der Waals surface area contributed by atoms with E-state index in [9.17, 15) is 4.79 Å². The smallest absolute Gasteiger partial charge is 0.326 e. The van der Waals surface area contributed by atoms with E-state index in [1.165, 1.54) is 0 Å². The monoisotopic (exact) mass is 225 g/mol. The number of hydrogen-bond acceptors (Lipinski definition) is 3. The van der Waals surface area contributed by atoms with Crippen LogP contribution in [-0.2, 0) is 9.53 Å². The number of hydrogen-bond donors (Lipinski definition) is 1. The summed E-state index contributed by atoms with van der Waals surface area (Å²) < 4.78 is 5.70. The molecule has 0 aliphatic heterocycles. The minimum absolute atomic E-state index is 0.00600. The maximum absolute atomic E-state index is 11.9. The predicted octanol–water partition coefficient (Wildman–Crippen LogP) is 2.24. The molecular formula is C13H23NO2. The van der Waals surface area contributed by atoms with Crippen molar-refractivity contribution >= 4 is 5.97 Å². The fourth-order valence-electron chi connectivity index (χ4n) is 2.85. The highest BCUT2D eigenvalue weighted by Crippen LogP contribution is 2.51. The first-order chi connectivity index (χ1) is 7.17. The first kappa shape index (κ1) is 11.9. The number of ether oxygens (including phenoxy) is 1. The lowest BCUT2D eigenvalue weighted by atomic mass is 9.81. The molecule has 3 nitrogen and oxygen atoms in total. The van der Waals surface area contributed by atoms with Gasteiger partial charge in [0.05, 0.1) is 0 Å². The Morgan fingerprint density at radius 3 is 1.88 bits per heavy atom. The summed E-state index contributed by atoms with van der Waals surface area (Å²) in [6.45, 7) is 8.71. The summed E-state index contributed by atoms with van der Waals surface area (Å²) in [6.07, 6.45) is 3.76. The van der Waals surface area contributed by atoms with Crippen LogP contribution in [0.15, 0.2) is 0 Å². The standard InChI is InChI=1S/C13H23NO2/c1-11(2)5-6-12(3,4)9(11)16-10(15)13(14)7-8-13/h9H,5-8,14H2,1-4H3. The Bertz CT molecular complexity index is 300. The Balaban J connectivity index is 2.10. The molecule has 2 N–H and O–H groups in total. The number of nitrogens with two attached hydrogens (primary N) is 1. The van der Waals surface area contributed by atoms with Crippen molar-refractivity contribution in [2.75, 3.05) is 0 Å². The molecule has 0 bridgehead atoms. The highest BCUT2D eigenvalue weighted by Gasteiger charge is 2.54. The minimum Gasteiger partial charge on any atom is -0.460 e. The zero-order chi connectivity index (χ0) is 12.2. The van der Waals surface area contributed by atoms with Crippen LogP contribution in [0, 0.1) is 10.8 Å². The van der Waals surface area contributed by atoms with Crippen LogP contribution in [0.1, 0.15) is 53.4 Å². The number of carbonyl (C=O) groups excluding carboxylic acids is 1. The molecule has 3 heteroatoms. The van der Waals surface area contributed by atoms with Crippen LogP contribution >= 0.6 is 0 Å². The normalized spacial score (nSPS) is 30.1. The molecule has 0 heterocycles.